The molecule has 0 bridgehead atoms. The number of rotatable bonds is 0. The summed E-state index contributed by atoms with van der Waals surface area (Å²) < 4.78 is 0. The van der Waals surface area contributed by atoms with E-state index in [1.54, 1.807) is 5.80 Å². The molecule has 0 aliphatic rings. The summed E-state index contributed by atoms with van der Waals surface area (Å²) in [5, 5.41) is 0. The molecular formula is C2H6ClP. The van der Waals surface area contributed by atoms with Gasteiger partial charge in [-0.1, -0.05) is 5.80 Å². The summed E-state index contributed by atoms with van der Waals surface area (Å²) in [7, 11) is 3.06. The highest BCUT2D eigenvalue weighted by Crippen LogP contribution is 1.41. The Hall–Kier alpha value is 0.460. The summed E-state index contributed by atoms with van der Waals surface area (Å²) >= 11 is 0. The van der Waals surface area contributed by atoms with E-state index in [1.807, 2.05) is 6.92 Å². The topological polar surface area (TPSA) is 0 Å². The zero-order valence-corrected chi connectivity index (χ0v) is 4.30. The van der Waals surface area contributed by atoms with E-state index in [9.17, 15) is 0 Å². The third kappa shape index (κ3) is 24.8. The lowest BCUT2D eigenvalue weighted by atomic mass is 11.0. The smallest absolute Gasteiger partial charge is 0.0429 e. The predicted octanol–water partition coefficient (Wildman–Crippen LogP) is 1.37. The van der Waals surface area contributed by atoms with E-state index in [1.165, 1.54) is 0 Å². The minimum absolute atomic E-state index is 0. The molecule has 0 aromatic rings. The maximum atomic E-state index is 3.06. The molecule has 2 heteroatoms. The third-order valence-electron chi connectivity index (χ3n) is 0. The fraction of sp³-hybridized carbons (Fsp3) is 0.500. The molecular weight excluding hydrogens is 90.4 g/mol. The quantitative estimate of drug-likeness (QED) is 0.400. The molecule has 0 unspecified atom stereocenters. The second-order valence-electron chi connectivity index (χ2n) is 0.289. The first-order valence-electron chi connectivity index (χ1n) is 0.866. The van der Waals surface area contributed by atoms with Crippen LogP contribution < -0.4 is 0 Å². The fourth-order valence-corrected chi connectivity index (χ4v) is 0. The van der Waals surface area contributed by atoms with Crippen molar-refractivity contribution in [1.29, 1.82) is 0 Å². The molecule has 0 spiro atoms. The molecule has 4 heavy (non-hydrogen) atoms. The minimum atomic E-state index is 0. The standard InChI is InChI=1S/C2H5P.ClH/c1-2-3;/h2-3H,1H3;1H. The summed E-state index contributed by atoms with van der Waals surface area (Å²) in [6, 6.07) is 0. The van der Waals surface area contributed by atoms with E-state index in [4.69, 9.17) is 0 Å². The normalized spacial score (nSPS) is 3.25. The molecule has 0 aliphatic carbocycles. The number of hydrogen-bond donors (Lipinski definition) is 0. The van der Waals surface area contributed by atoms with E-state index < -0.39 is 0 Å². The largest absolute Gasteiger partial charge is 0.147 e. The van der Waals surface area contributed by atoms with Gasteiger partial charge in [-0.25, -0.2) is 0 Å². The monoisotopic (exact) mass is 96.0 g/mol. The van der Waals surface area contributed by atoms with Crippen molar-refractivity contribution in [3.05, 3.63) is 0 Å². The van der Waals surface area contributed by atoms with Gasteiger partial charge in [0.2, 0.25) is 0 Å². The van der Waals surface area contributed by atoms with Gasteiger partial charge in [0, 0.05) is 0 Å². The average Bonchev–Trinajstić information content (AvgIpc) is 0.918. The van der Waals surface area contributed by atoms with Crippen LogP contribution in [-0.4, -0.2) is 5.80 Å². The van der Waals surface area contributed by atoms with Gasteiger partial charge in [-0.05, 0) is 6.92 Å². The van der Waals surface area contributed by atoms with Crippen LogP contribution >= 0.6 is 21.3 Å². The van der Waals surface area contributed by atoms with Crippen molar-refractivity contribution in [3.8, 4) is 0 Å². The molecule has 26 valence electrons. The van der Waals surface area contributed by atoms with Crippen LogP contribution in [0.2, 0.25) is 0 Å². The Balaban J connectivity index is 0. The van der Waals surface area contributed by atoms with Crippen LogP contribution in [0.25, 0.3) is 0 Å². The molecule has 0 atom stereocenters. The first-order chi connectivity index (χ1) is 1.41. The minimum Gasteiger partial charge on any atom is -0.147 e. The van der Waals surface area contributed by atoms with Gasteiger partial charge < -0.3 is 0 Å². The zero-order chi connectivity index (χ0) is 2.71. The molecule has 0 heterocycles. The van der Waals surface area contributed by atoms with Gasteiger partial charge in [-0.3, -0.25) is 0 Å². The molecule has 0 saturated carbocycles. The summed E-state index contributed by atoms with van der Waals surface area (Å²) in [6.07, 6.45) is 0. The first kappa shape index (κ1) is 8.82. The van der Waals surface area contributed by atoms with Crippen LogP contribution in [0.5, 0.6) is 0 Å². The van der Waals surface area contributed by atoms with Gasteiger partial charge in [0.15, 0.2) is 0 Å². The highest BCUT2D eigenvalue weighted by atomic mass is 35.5. The highest BCUT2D eigenvalue weighted by Gasteiger charge is 1.16. The van der Waals surface area contributed by atoms with Crippen molar-refractivity contribution in [1.82, 2.24) is 0 Å². The fourth-order valence-electron chi connectivity index (χ4n) is 0. The van der Waals surface area contributed by atoms with Crippen LogP contribution in [0.1, 0.15) is 6.92 Å². The van der Waals surface area contributed by atoms with Crippen LogP contribution in [0, 0.1) is 0 Å². The van der Waals surface area contributed by atoms with Gasteiger partial charge in [-0.15, -0.1) is 21.3 Å². The highest BCUT2D eigenvalue weighted by molar-refractivity contribution is 7.18. The van der Waals surface area contributed by atoms with Crippen molar-refractivity contribution in [2.45, 2.75) is 6.92 Å². The van der Waals surface area contributed by atoms with Crippen molar-refractivity contribution in [3.63, 3.8) is 0 Å². The molecule has 0 amide bonds. The SMILES string of the molecule is CC=P.Cl. The summed E-state index contributed by atoms with van der Waals surface area (Å²) in [5.41, 5.74) is 0. The van der Waals surface area contributed by atoms with E-state index in [0.29, 0.717) is 0 Å². The molecule has 0 aromatic heterocycles. The van der Waals surface area contributed by atoms with Gasteiger partial charge >= 0.3 is 0 Å². The molecule has 0 fully saturated rings. The Bertz CT molecular complexity index is 13.5. The van der Waals surface area contributed by atoms with Gasteiger partial charge in [0.05, 0.1) is 0 Å². The summed E-state index contributed by atoms with van der Waals surface area (Å²) in [6.45, 7) is 1.91. The van der Waals surface area contributed by atoms with Gasteiger partial charge in [0.25, 0.3) is 0 Å². The van der Waals surface area contributed by atoms with E-state index in [-0.39, 0.29) is 12.4 Å². The van der Waals surface area contributed by atoms with Crippen LogP contribution in [0.3, 0.4) is 0 Å². The van der Waals surface area contributed by atoms with Crippen molar-refractivity contribution in [2.75, 3.05) is 0 Å². The molecule has 0 nitrogen and oxygen atoms in total. The van der Waals surface area contributed by atoms with Gasteiger partial charge in [-0.2, -0.15) is 0 Å². The lowest BCUT2D eigenvalue weighted by molar-refractivity contribution is 2.14. The molecule has 0 aliphatic heterocycles. The molecule has 0 rings (SSSR count). The lowest BCUT2D eigenvalue weighted by Crippen LogP contribution is -1.24. The number of halogens is 1. The Kier molecular flexibility index (Phi) is 21.7. The molecule has 0 N–H and O–H groups in total. The van der Waals surface area contributed by atoms with Crippen molar-refractivity contribution >= 4 is 27.1 Å². The summed E-state index contributed by atoms with van der Waals surface area (Å²) in [4.78, 5) is 0. The zero-order valence-electron chi connectivity index (χ0n) is 2.49. The van der Waals surface area contributed by atoms with Crippen molar-refractivity contribution in [2.24, 2.45) is 0 Å². The third-order valence-corrected chi connectivity index (χ3v) is 0. The first-order valence-corrected chi connectivity index (χ1v) is 1.44. The second kappa shape index (κ2) is 9.82. The maximum Gasteiger partial charge on any atom is -0.0429 e. The van der Waals surface area contributed by atoms with E-state index >= 15 is 0 Å². The van der Waals surface area contributed by atoms with E-state index in [2.05, 4.69) is 8.86 Å². The average molecular weight is 96.5 g/mol. The maximum absolute atomic E-state index is 3.06. The predicted molar refractivity (Wildman–Crippen MR) is 27.3 cm³/mol. The van der Waals surface area contributed by atoms with Crippen LogP contribution in [0.15, 0.2) is 0 Å². The van der Waals surface area contributed by atoms with Crippen LogP contribution in [0.4, 0.5) is 0 Å². The van der Waals surface area contributed by atoms with Crippen molar-refractivity contribution < 1.29 is 0 Å². The Labute approximate surface area is 34.8 Å². The molecule has 0 aromatic carbocycles. The van der Waals surface area contributed by atoms with E-state index in [0.717, 1.165) is 0 Å². The Morgan fingerprint density at radius 3 is 1.75 bits per heavy atom. The Morgan fingerprint density at radius 2 is 1.75 bits per heavy atom. The second-order valence-corrected chi connectivity index (χ2v) is 0.866. The summed E-state index contributed by atoms with van der Waals surface area (Å²) in [5.74, 6) is 1.81. The lowest BCUT2D eigenvalue weighted by Gasteiger charge is -1.29. The molecule has 0 saturated heterocycles. The molecule has 0 radical (unpaired) electrons. The van der Waals surface area contributed by atoms with Crippen LogP contribution in [-0.2, 0) is 0 Å². The Morgan fingerprint density at radius 1 is 1.75 bits per heavy atom. The van der Waals surface area contributed by atoms with Gasteiger partial charge in [0.1, 0.15) is 0 Å². The number of hydrogen-bond acceptors (Lipinski definition) is 0.